The molecule has 0 aromatic carbocycles. The van der Waals surface area contributed by atoms with Crippen LogP contribution in [0.4, 0.5) is 11.6 Å². The number of hydrogen-bond donors (Lipinski definition) is 3. The van der Waals surface area contributed by atoms with Gasteiger partial charge in [0.2, 0.25) is 0 Å². The summed E-state index contributed by atoms with van der Waals surface area (Å²) < 4.78 is 0. The van der Waals surface area contributed by atoms with Crippen molar-refractivity contribution in [3.63, 3.8) is 0 Å². The lowest BCUT2D eigenvalue weighted by molar-refractivity contribution is 0.479. The number of aromatic nitrogens is 1. The molecular weight excluding hydrogens is 188 g/mol. The summed E-state index contributed by atoms with van der Waals surface area (Å²) in [6.07, 6.45) is 2.42. The molecule has 2 rings (SSSR count). The summed E-state index contributed by atoms with van der Waals surface area (Å²) in [5.41, 5.74) is 6.79. The fraction of sp³-hybridized carbons (Fsp3) is 0.545. The van der Waals surface area contributed by atoms with Crippen molar-refractivity contribution in [3.05, 3.63) is 17.7 Å². The molecule has 0 saturated carbocycles. The molecule has 0 radical (unpaired) electrons. The summed E-state index contributed by atoms with van der Waals surface area (Å²) in [6.45, 7) is 4.10. The molecule has 15 heavy (non-hydrogen) atoms. The van der Waals surface area contributed by atoms with Crippen LogP contribution in [0.25, 0.3) is 0 Å². The van der Waals surface area contributed by atoms with Crippen molar-refractivity contribution >= 4 is 11.6 Å². The average Bonchev–Trinajstić information content (AvgIpc) is 2.25. The highest BCUT2D eigenvalue weighted by Crippen LogP contribution is 2.14. The van der Waals surface area contributed by atoms with Gasteiger partial charge >= 0.3 is 0 Å². The van der Waals surface area contributed by atoms with Crippen molar-refractivity contribution < 1.29 is 0 Å². The van der Waals surface area contributed by atoms with E-state index in [1.807, 2.05) is 19.1 Å². The van der Waals surface area contributed by atoms with E-state index >= 15 is 0 Å². The highest BCUT2D eigenvalue weighted by atomic mass is 15.1. The number of nitrogen functional groups attached to an aromatic ring is 1. The molecule has 0 amide bonds. The molecule has 1 aliphatic heterocycles. The number of hydrogen-bond acceptors (Lipinski definition) is 4. The molecule has 4 heteroatoms. The number of aryl methyl sites for hydroxylation is 1. The molecule has 1 aromatic rings. The van der Waals surface area contributed by atoms with Crippen molar-refractivity contribution in [1.29, 1.82) is 0 Å². The SMILES string of the molecule is Cc1ccc(NC2CCCNC2)nc1N. The van der Waals surface area contributed by atoms with Crippen LogP contribution < -0.4 is 16.4 Å². The van der Waals surface area contributed by atoms with Gasteiger partial charge in [0.25, 0.3) is 0 Å². The predicted molar refractivity (Wildman–Crippen MR) is 62.9 cm³/mol. The van der Waals surface area contributed by atoms with Crippen LogP contribution in [0.5, 0.6) is 0 Å². The minimum Gasteiger partial charge on any atom is -0.383 e. The first-order valence-corrected chi connectivity index (χ1v) is 5.46. The van der Waals surface area contributed by atoms with Gasteiger partial charge in [0.05, 0.1) is 0 Å². The average molecular weight is 206 g/mol. The Hall–Kier alpha value is -1.29. The minimum atomic E-state index is 0.480. The lowest BCUT2D eigenvalue weighted by Gasteiger charge is -2.24. The third kappa shape index (κ3) is 2.59. The summed E-state index contributed by atoms with van der Waals surface area (Å²) in [6, 6.07) is 4.47. The van der Waals surface area contributed by atoms with Crippen molar-refractivity contribution in [2.24, 2.45) is 0 Å². The van der Waals surface area contributed by atoms with Crippen LogP contribution in [0, 0.1) is 6.92 Å². The number of rotatable bonds is 2. The van der Waals surface area contributed by atoms with E-state index in [2.05, 4.69) is 15.6 Å². The van der Waals surface area contributed by atoms with Gasteiger partial charge in [0.15, 0.2) is 0 Å². The molecule has 1 unspecified atom stereocenters. The molecule has 1 fully saturated rings. The highest BCUT2D eigenvalue weighted by Gasteiger charge is 2.12. The summed E-state index contributed by atoms with van der Waals surface area (Å²) in [5, 5.41) is 6.75. The van der Waals surface area contributed by atoms with Gasteiger partial charge in [0.1, 0.15) is 11.6 Å². The van der Waals surface area contributed by atoms with Gasteiger partial charge in [-0.25, -0.2) is 4.98 Å². The summed E-state index contributed by atoms with van der Waals surface area (Å²) in [7, 11) is 0. The Kier molecular flexibility index (Phi) is 3.06. The topological polar surface area (TPSA) is 63.0 Å². The summed E-state index contributed by atoms with van der Waals surface area (Å²) in [5.74, 6) is 1.50. The smallest absolute Gasteiger partial charge is 0.128 e. The van der Waals surface area contributed by atoms with E-state index in [-0.39, 0.29) is 0 Å². The molecule has 1 aliphatic rings. The molecule has 4 N–H and O–H groups in total. The summed E-state index contributed by atoms with van der Waals surface area (Å²) >= 11 is 0. The Balaban J connectivity index is 2.00. The lowest BCUT2D eigenvalue weighted by atomic mass is 10.1. The van der Waals surface area contributed by atoms with Gasteiger partial charge in [-0.05, 0) is 37.9 Å². The second kappa shape index (κ2) is 4.49. The molecule has 82 valence electrons. The van der Waals surface area contributed by atoms with Gasteiger partial charge < -0.3 is 16.4 Å². The number of anilines is 2. The maximum absolute atomic E-state index is 5.76. The van der Waals surface area contributed by atoms with E-state index < -0.39 is 0 Å². The Bertz CT molecular complexity index is 331. The van der Waals surface area contributed by atoms with Crippen LogP contribution in [0.3, 0.4) is 0 Å². The predicted octanol–water partition coefficient (Wildman–Crippen LogP) is 1.14. The number of pyridine rings is 1. The normalized spacial score (nSPS) is 21.3. The zero-order valence-corrected chi connectivity index (χ0v) is 9.09. The first-order chi connectivity index (χ1) is 7.25. The van der Waals surface area contributed by atoms with Gasteiger partial charge in [0, 0.05) is 12.6 Å². The molecule has 0 aliphatic carbocycles. The largest absolute Gasteiger partial charge is 0.383 e. The Labute approximate surface area is 90.3 Å². The third-order valence-electron chi connectivity index (χ3n) is 2.79. The molecule has 0 bridgehead atoms. The van der Waals surface area contributed by atoms with Crippen molar-refractivity contribution in [1.82, 2.24) is 10.3 Å². The Morgan fingerprint density at radius 1 is 1.53 bits per heavy atom. The molecule has 1 aromatic heterocycles. The van der Waals surface area contributed by atoms with Crippen LogP contribution in [0.2, 0.25) is 0 Å². The number of nitrogens with one attached hydrogen (secondary N) is 2. The molecule has 1 atom stereocenters. The van der Waals surface area contributed by atoms with Crippen molar-refractivity contribution in [2.75, 3.05) is 24.1 Å². The monoisotopic (exact) mass is 206 g/mol. The fourth-order valence-electron chi connectivity index (χ4n) is 1.81. The van der Waals surface area contributed by atoms with Crippen LogP contribution in [-0.2, 0) is 0 Å². The van der Waals surface area contributed by atoms with Gasteiger partial charge in [-0.15, -0.1) is 0 Å². The number of nitrogens with two attached hydrogens (primary N) is 1. The van der Waals surface area contributed by atoms with Crippen LogP contribution in [0.15, 0.2) is 12.1 Å². The Morgan fingerprint density at radius 2 is 2.40 bits per heavy atom. The Morgan fingerprint density at radius 3 is 3.07 bits per heavy atom. The van der Waals surface area contributed by atoms with E-state index in [0.29, 0.717) is 11.9 Å². The zero-order chi connectivity index (χ0) is 10.7. The molecular formula is C11H18N4. The number of nitrogens with zero attached hydrogens (tertiary/aromatic N) is 1. The second-order valence-corrected chi connectivity index (χ2v) is 4.09. The van der Waals surface area contributed by atoms with Crippen LogP contribution >= 0.6 is 0 Å². The molecule has 2 heterocycles. The van der Waals surface area contributed by atoms with Crippen molar-refractivity contribution in [2.45, 2.75) is 25.8 Å². The molecule has 1 saturated heterocycles. The van der Waals surface area contributed by atoms with Crippen molar-refractivity contribution in [3.8, 4) is 0 Å². The van der Waals surface area contributed by atoms with Crippen LogP contribution in [0.1, 0.15) is 18.4 Å². The van der Waals surface area contributed by atoms with E-state index in [0.717, 1.165) is 24.5 Å². The van der Waals surface area contributed by atoms with Gasteiger partial charge in [-0.1, -0.05) is 6.07 Å². The molecule has 0 spiro atoms. The first-order valence-electron chi connectivity index (χ1n) is 5.46. The van der Waals surface area contributed by atoms with Crippen LogP contribution in [-0.4, -0.2) is 24.1 Å². The van der Waals surface area contributed by atoms with Gasteiger partial charge in [-0.3, -0.25) is 0 Å². The highest BCUT2D eigenvalue weighted by molar-refractivity contribution is 5.48. The van der Waals surface area contributed by atoms with E-state index in [1.165, 1.54) is 12.8 Å². The summed E-state index contributed by atoms with van der Waals surface area (Å²) in [4.78, 5) is 4.31. The zero-order valence-electron chi connectivity index (χ0n) is 9.09. The quantitative estimate of drug-likeness (QED) is 0.679. The third-order valence-corrected chi connectivity index (χ3v) is 2.79. The van der Waals surface area contributed by atoms with E-state index in [9.17, 15) is 0 Å². The lowest BCUT2D eigenvalue weighted by Crippen LogP contribution is -2.38. The second-order valence-electron chi connectivity index (χ2n) is 4.09. The van der Waals surface area contributed by atoms with Gasteiger partial charge in [-0.2, -0.15) is 0 Å². The van der Waals surface area contributed by atoms with E-state index in [1.54, 1.807) is 0 Å². The maximum atomic E-state index is 5.76. The van der Waals surface area contributed by atoms with E-state index in [4.69, 9.17) is 5.73 Å². The maximum Gasteiger partial charge on any atom is 0.128 e. The minimum absolute atomic E-state index is 0.480. The number of piperidine rings is 1. The first kappa shape index (κ1) is 10.2. The molecule has 4 nitrogen and oxygen atoms in total. The standard InChI is InChI=1S/C11H18N4/c1-8-4-5-10(15-11(8)12)14-9-3-2-6-13-7-9/h4-5,9,13H,2-3,6-7H2,1H3,(H3,12,14,15). The fourth-order valence-corrected chi connectivity index (χ4v) is 1.81.